The maximum atomic E-state index is 11.1. The van der Waals surface area contributed by atoms with Gasteiger partial charge in [-0.1, -0.05) is 12.1 Å². The first-order valence-corrected chi connectivity index (χ1v) is 6.79. The molecular formula is C14H13N3OS. The summed E-state index contributed by atoms with van der Waals surface area (Å²) in [5.74, 6) is 0. The van der Waals surface area contributed by atoms with Gasteiger partial charge in [0, 0.05) is 35.2 Å². The Labute approximate surface area is 115 Å². The van der Waals surface area contributed by atoms with Crippen molar-refractivity contribution in [2.75, 3.05) is 0 Å². The van der Waals surface area contributed by atoms with E-state index >= 15 is 0 Å². The van der Waals surface area contributed by atoms with Crippen molar-refractivity contribution in [1.29, 1.82) is 0 Å². The highest BCUT2D eigenvalue weighted by atomic mass is 32.1. The monoisotopic (exact) mass is 271 g/mol. The number of aromatic nitrogens is 3. The van der Waals surface area contributed by atoms with Gasteiger partial charge in [0.2, 0.25) is 0 Å². The lowest BCUT2D eigenvalue weighted by Crippen LogP contribution is -2.31. The van der Waals surface area contributed by atoms with E-state index in [2.05, 4.69) is 9.97 Å². The largest absolute Gasteiger partial charge is 0.378 e. The van der Waals surface area contributed by atoms with Crippen molar-refractivity contribution in [2.24, 2.45) is 0 Å². The SMILES string of the molecule is OC(Cn1ccnc1)(c1cccnc1)c1cccs1. The van der Waals surface area contributed by atoms with Crippen LogP contribution >= 0.6 is 11.3 Å². The fourth-order valence-electron chi connectivity index (χ4n) is 2.08. The van der Waals surface area contributed by atoms with Gasteiger partial charge in [-0.2, -0.15) is 0 Å². The van der Waals surface area contributed by atoms with Gasteiger partial charge < -0.3 is 9.67 Å². The highest BCUT2D eigenvalue weighted by Gasteiger charge is 2.33. The van der Waals surface area contributed by atoms with Crippen LogP contribution in [0.15, 0.2) is 60.8 Å². The summed E-state index contributed by atoms with van der Waals surface area (Å²) in [5, 5.41) is 13.1. The molecule has 0 amide bonds. The highest BCUT2D eigenvalue weighted by Crippen LogP contribution is 2.33. The van der Waals surface area contributed by atoms with Crippen LogP contribution in [-0.2, 0) is 12.1 Å². The quantitative estimate of drug-likeness (QED) is 0.792. The summed E-state index contributed by atoms with van der Waals surface area (Å²) in [6.45, 7) is 0.416. The molecule has 0 radical (unpaired) electrons. The van der Waals surface area contributed by atoms with Crippen LogP contribution in [0.2, 0.25) is 0 Å². The second-order valence-electron chi connectivity index (χ2n) is 4.31. The van der Waals surface area contributed by atoms with E-state index in [4.69, 9.17) is 0 Å². The van der Waals surface area contributed by atoms with Gasteiger partial charge in [0.05, 0.1) is 12.9 Å². The molecule has 3 aromatic rings. The summed E-state index contributed by atoms with van der Waals surface area (Å²) in [7, 11) is 0. The predicted octanol–water partition coefficient (Wildman–Crippen LogP) is 2.28. The third-order valence-electron chi connectivity index (χ3n) is 3.04. The zero-order chi connectivity index (χ0) is 13.1. The zero-order valence-electron chi connectivity index (χ0n) is 10.2. The number of aliphatic hydroxyl groups is 1. The molecule has 0 saturated carbocycles. The first-order chi connectivity index (χ1) is 9.29. The van der Waals surface area contributed by atoms with Gasteiger partial charge in [-0.15, -0.1) is 11.3 Å². The topological polar surface area (TPSA) is 50.9 Å². The van der Waals surface area contributed by atoms with Crippen LogP contribution in [0.4, 0.5) is 0 Å². The summed E-state index contributed by atoms with van der Waals surface area (Å²) in [4.78, 5) is 9.03. The molecule has 0 aromatic carbocycles. The molecule has 3 aromatic heterocycles. The second kappa shape index (κ2) is 4.95. The third kappa shape index (κ3) is 2.30. The van der Waals surface area contributed by atoms with Crippen LogP contribution in [0, 0.1) is 0 Å². The van der Waals surface area contributed by atoms with Gasteiger partial charge in [-0.05, 0) is 17.5 Å². The van der Waals surface area contributed by atoms with Crippen molar-refractivity contribution in [3.8, 4) is 0 Å². The lowest BCUT2D eigenvalue weighted by Gasteiger charge is -2.27. The van der Waals surface area contributed by atoms with Crippen molar-refractivity contribution in [1.82, 2.24) is 14.5 Å². The average molecular weight is 271 g/mol. The minimum Gasteiger partial charge on any atom is -0.378 e. The van der Waals surface area contributed by atoms with Gasteiger partial charge in [0.15, 0.2) is 0 Å². The fourth-order valence-corrected chi connectivity index (χ4v) is 2.92. The molecule has 19 heavy (non-hydrogen) atoms. The van der Waals surface area contributed by atoms with Crippen molar-refractivity contribution >= 4 is 11.3 Å². The minimum absolute atomic E-state index is 0.416. The Morgan fingerprint density at radius 1 is 1.21 bits per heavy atom. The molecular weight excluding hydrogens is 258 g/mol. The molecule has 3 rings (SSSR count). The number of rotatable bonds is 4. The first-order valence-electron chi connectivity index (χ1n) is 5.92. The average Bonchev–Trinajstić information content (AvgIpc) is 3.12. The third-order valence-corrected chi connectivity index (χ3v) is 4.06. The van der Waals surface area contributed by atoms with Crippen LogP contribution in [0.3, 0.4) is 0 Å². The Morgan fingerprint density at radius 3 is 2.79 bits per heavy atom. The Balaban J connectivity index is 2.05. The molecule has 1 N–H and O–H groups in total. The van der Waals surface area contributed by atoms with Crippen LogP contribution in [0.5, 0.6) is 0 Å². The number of pyridine rings is 1. The number of hydrogen-bond donors (Lipinski definition) is 1. The Bertz CT molecular complexity index is 622. The molecule has 3 heterocycles. The summed E-state index contributed by atoms with van der Waals surface area (Å²) in [5.41, 5.74) is -0.297. The molecule has 0 saturated heterocycles. The van der Waals surface area contributed by atoms with E-state index in [1.165, 1.54) is 11.3 Å². The van der Waals surface area contributed by atoms with Gasteiger partial charge in [-0.3, -0.25) is 4.98 Å². The van der Waals surface area contributed by atoms with E-state index in [9.17, 15) is 5.11 Å². The highest BCUT2D eigenvalue weighted by molar-refractivity contribution is 7.10. The van der Waals surface area contributed by atoms with Crippen LogP contribution < -0.4 is 0 Å². The fraction of sp³-hybridized carbons (Fsp3) is 0.143. The molecule has 5 heteroatoms. The van der Waals surface area contributed by atoms with Crippen molar-refractivity contribution in [3.05, 3.63) is 71.2 Å². The van der Waals surface area contributed by atoms with Crippen LogP contribution in [-0.4, -0.2) is 19.6 Å². The van der Waals surface area contributed by atoms with E-state index in [1.807, 2.05) is 40.4 Å². The molecule has 0 fully saturated rings. The summed E-state index contributed by atoms with van der Waals surface area (Å²) >= 11 is 1.54. The number of imidazole rings is 1. The van der Waals surface area contributed by atoms with E-state index in [1.54, 1.807) is 24.9 Å². The summed E-state index contributed by atoms with van der Waals surface area (Å²) in [6, 6.07) is 7.61. The molecule has 1 unspecified atom stereocenters. The standard InChI is InChI=1S/C14H13N3OS/c18-14(13-4-2-8-19-13,10-17-7-6-16-11-17)12-3-1-5-15-9-12/h1-9,11,18H,10H2. The van der Waals surface area contributed by atoms with Gasteiger partial charge in [0.25, 0.3) is 0 Å². The lowest BCUT2D eigenvalue weighted by atomic mass is 9.93. The van der Waals surface area contributed by atoms with E-state index in [0.717, 1.165) is 10.4 Å². The Kier molecular flexibility index (Phi) is 3.15. The molecule has 0 bridgehead atoms. The van der Waals surface area contributed by atoms with Gasteiger partial charge in [0.1, 0.15) is 5.60 Å². The van der Waals surface area contributed by atoms with Gasteiger partial charge >= 0.3 is 0 Å². The Hall–Kier alpha value is -1.98. The molecule has 4 nitrogen and oxygen atoms in total. The zero-order valence-corrected chi connectivity index (χ0v) is 11.0. The number of thiophene rings is 1. The molecule has 0 aliphatic heterocycles. The van der Waals surface area contributed by atoms with Crippen molar-refractivity contribution in [2.45, 2.75) is 12.1 Å². The number of nitrogens with zero attached hydrogens (tertiary/aromatic N) is 3. The normalized spacial score (nSPS) is 14.2. The lowest BCUT2D eigenvalue weighted by molar-refractivity contribution is 0.0646. The molecule has 1 atom stereocenters. The predicted molar refractivity (Wildman–Crippen MR) is 73.8 cm³/mol. The van der Waals surface area contributed by atoms with Gasteiger partial charge in [-0.25, -0.2) is 4.98 Å². The molecule has 0 spiro atoms. The first kappa shape index (κ1) is 12.1. The maximum absolute atomic E-state index is 11.1. The van der Waals surface area contributed by atoms with Crippen molar-refractivity contribution in [3.63, 3.8) is 0 Å². The molecule has 96 valence electrons. The smallest absolute Gasteiger partial charge is 0.143 e. The van der Waals surface area contributed by atoms with E-state index in [-0.39, 0.29) is 0 Å². The summed E-state index contributed by atoms with van der Waals surface area (Å²) in [6.07, 6.45) is 8.66. The van der Waals surface area contributed by atoms with Crippen molar-refractivity contribution < 1.29 is 5.11 Å². The Morgan fingerprint density at radius 2 is 2.16 bits per heavy atom. The maximum Gasteiger partial charge on any atom is 0.143 e. The second-order valence-corrected chi connectivity index (χ2v) is 5.26. The minimum atomic E-state index is -1.08. The van der Waals surface area contributed by atoms with Crippen LogP contribution in [0.1, 0.15) is 10.4 Å². The summed E-state index contributed by atoms with van der Waals surface area (Å²) < 4.78 is 1.87. The van der Waals surface area contributed by atoms with E-state index < -0.39 is 5.60 Å². The number of hydrogen-bond acceptors (Lipinski definition) is 4. The molecule has 0 aliphatic rings. The molecule has 0 aliphatic carbocycles. The van der Waals surface area contributed by atoms with E-state index in [0.29, 0.717) is 6.54 Å². The van der Waals surface area contributed by atoms with Crippen LogP contribution in [0.25, 0.3) is 0 Å².